The lowest BCUT2D eigenvalue weighted by Crippen LogP contribution is -2.36. The maximum absolute atomic E-state index is 13.1. The van der Waals surface area contributed by atoms with E-state index in [2.05, 4.69) is 25.9 Å². The van der Waals surface area contributed by atoms with Crippen molar-refractivity contribution in [1.29, 1.82) is 0 Å². The molecule has 2 amide bonds. The Labute approximate surface area is 184 Å². The Morgan fingerprint density at radius 3 is 2.42 bits per heavy atom. The van der Waals surface area contributed by atoms with Gasteiger partial charge in [0.05, 0.1) is 11.5 Å². The summed E-state index contributed by atoms with van der Waals surface area (Å²) in [6.45, 7) is 0. The number of benzene rings is 2. The average Bonchev–Trinajstić information content (AvgIpc) is 2.68. The molecule has 8 nitrogen and oxygen atoms in total. The third-order valence-electron chi connectivity index (χ3n) is 4.50. The molecule has 158 valence electrons. The highest BCUT2D eigenvalue weighted by molar-refractivity contribution is 6.35. The number of H-pyrrole nitrogens is 1. The zero-order valence-corrected chi connectivity index (χ0v) is 17.1. The number of nitrogens with zero attached hydrogens (tertiary/aromatic N) is 1. The van der Waals surface area contributed by atoms with Crippen molar-refractivity contribution in [3.63, 3.8) is 0 Å². The molecule has 0 spiro atoms. The number of aromatic nitrogens is 2. The van der Waals surface area contributed by atoms with E-state index in [1.807, 2.05) is 0 Å². The first-order valence-electron chi connectivity index (χ1n) is 9.02. The quantitative estimate of drug-likeness (QED) is 0.468. The van der Waals surface area contributed by atoms with E-state index in [0.29, 0.717) is 21.4 Å². The van der Waals surface area contributed by atoms with Crippen molar-refractivity contribution in [2.24, 2.45) is 0 Å². The number of anilines is 4. The van der Waals surface area contributed by atoms with Gasteiger partial charge >= 0.3 is 0 Å². The smallest absolute Gasteiger partial charge is 0.258 e. The fourth-order valence-corrected chi connectivity index (χ4v) is 3.71. The maximum Gasteiger partial charge on any atom is 0.258 e. The van der Waals surface area contributed by atoms with Crippen molar-refractivity contribution in [2.75, 3.05) is 16.0 Å². The van der Waals surface area contributed by atoms with Crippen LogP contribution in [0.15, 0.2) is 47.3 Å². The molecule has 0 bridgehead atoms. The number of amides is 2. The standard InChI is InChI=1S/C20H14Cl2FN5O3/c21-9-5-10(22)7-13(6-9)24-18(30)14-8-15(29)26-17-16(14)19(31)28-20(27-17)25-12-3-1-11(23)2-4-12/h1-7,14H,8H2,(H,24,30)(H3,25,26,27,28,29,31)/t14-/m1/s1. The summed E-state index contributed by atoms with van der Waals surface area (Å²) < 4.78 is 13.1. The molecule has 0 saturated heterocycles. The summed E-state index contributed by atoms with van der Waals surface area (Å²) >= 11 is 11.9. The van der Waals surface area contributed by atoms with Crippen LogP contribution in [0.3, 0.4) is 0 Å². The second-order valence-corrected chi connectivity index (χ2v) is 7.63. The molecule has 1 atom stereocenters. The number of carbonyl (C=O) groups excluding carboxylic acids is 2. The minimum Gasteiger partial charge on any atom is -0.326 e. The minimum absolute atomic E-state index is 0.0230. The SMILES string of the molecule is O=C1C[C@@H](C(=O)Nc2cc(Cl)cc(Cl)c2)c2c(nc(Nc3ccc(F)cc3)[nH]c2=O)N1. The summed E-state index contributed by atoms with van der Waals surface area (Å²) in [4.78, 5) is 44.5. The van der Waals surface area contributed by atoms with Crippen LogP contribution in [0, 0.1) is 5.82 Å². The van der Waals surface area contributed by atoms with Crippen LogP contribution in [-0.4, -0.2) is 21.8 Å². The van der Waals surface area contributed by atoms with Gasteiger partial charge in [-0.05, 0) is 42.5 Å². The number of nitrogens with one attached hydrogen (secondary N) is 4. The van der Waals surface area contributed by atoms with Crippen molar-refractivity contribution >= 4 is 58.2 Å². The van der Waals surface area contributed by atoms with Crippen LogP contribution >= 0.6 is 23.2 Å². The summed E-state index contributed by atoms with van der Waals surface area (Å²) in [7, 11) is 0. The van der Waals surface area contributed by atoms with Gasteiger partial charge in [-0.15, -0.1) is 0 Å². The normalized spacial score (nSPS) is 15.1. The first kappa shape index (κ1) is 20.8. The number of hydrogen-bond acceptors (Lipinski definition) is 5. The maximum atomic E-state index is 13.1. The lowest BCUT2D eigenvalue weighted by atomic mass is 9.92. The summed E-state index contributed by atoms with van der Waals surface area (Å²) in [5, 5.41) is 8.59. The van der Waals surface area contributed by atoms with Gasteiger partial charge in [0, 0.05) is 27.8 Å². The Kier molecular flexibility index (Phi) is 5.62. The zero-order valence-electron chi connectivity index (χ0n) is 15.6. The predicted molar refractivity (Wildman–Crippen MR) is 116 cm³/mol. The third kappa shape index (κ3) is 4.68. The Bertz CT molecular complexity index is 1230. The van der Waals surface area contributed by atoms with E-state index in [1.165, 1.54) is 42.5 Å². The van der Waals surface area contributed by atoms with Crippen LogP contribution in [0.5, 0.6) is 0 Å². The molecule has 1 aliphatic rings. The number of aromatic amines is 1. The van der Waals surface area contributed by atoms with Crippen molar-refractivity contribution in [1.82, 2.24) is 9.97 Å². The van der Waals surface area contributed by atoms with Crippen molar-refractivity contribution in [3.8, 4) is 0 Å². The predicted octanol–water partition coefficient (Wildman–Crippen LogP) is 4.02. The number of rotatable bonds is 4. The summed E-state index contributed by atoms with van der Waals surface area (Å²) in [6.07, 6.45) is -0.234. The van der Waals surface area contributed by atoms with E-state index >= 15 is 0 Å². The number of halogens is 3. The lowest BCUT2D eigenvalue weighted by Gasteiger charge is -2.23. The Morgan fingerprint density at radius 2 is 1.74 bits per heavy atom. The molecule has 3 aromatic rings. The molecule has 2 aromatic carbocycles. The van der Waals surface area contributed by atoms with Crippen LogP contribution in [0.1, 0.15) is 17.9 Å². The summed E-state index contributed by atoms with van der Waals surface area (Å²) in [5.74, 6) is -2.55. The van der Waals surface area contributed by atoms with Crippen molar-refractivity contribution in [3.05, 3.63) is 74.2 Å². The second-order valence-electron chi connectivity index (χ2n) is 6.76. The molecule has 0 aliphatic carbocycles. The van der Waals surface area contributed by atoms with Gasteiger partial charge in [0.1, 0.15) is 11.6 Å². The molecule has 31 heavy (non-hydrogen) atoms. The van der Waals surface area contributed by atoms with Crippen LogP contribution < -0.4 is 21.5 Å². The van der Waals surface area contributed by atoms with Gasteiger partial charge in [-0.1, -0.05) is 23.2 Å². The fraction of sp³-hybridized carbons (Fsp3) is 0.100. The average molecular weight is 462 g/mol. The van der Waals surface area contributed by atoms with Gasteiger partial charge in [-0.25, -0.2) is 4.39 Å². The van der Waals surface area contributed by atoms with Gasteiger partial charge in [0.15, 0.2) is 0 Å². The highest BCUT2D eigenvalue weighted by Crippen LogP contribution is 2.31. The number of hydrogen-bond donors (Lipinski definition) is 4. The molecular formula is C20H14Cl2FN5O3. The lowest BCUT2D eigenvalue weighted by molar-refractivity contribution is -0.123. The van der Waals surface area contributed by atoms with E-state index in [-0.39, 0.29) is 23.8 Å². The Hall–Kier alpha value is -3.43. The Balaban J connectivity index is 1.64. The molecule has 4 N–H and O–H groups in total. The van der Waals surface area contributed by atoms with E-state index < -0.39 is 29.1 Å². The van der Waals surface area contributed by atoms with Gasteiger partial charge in [0.25, 0.3) is 5.56 Å². The molecule has 0 radical (unpaired) electrons. The highest BCUT2D eigenvalue weighted by atomic mass is 35.5. The van der Waals surface area contributed by atoms with E-state index in [9.17, 15) is 18.8 Å². The van der Waals surface area contributed by atoms with Gasteiger partial charge in [-0.2, -0.15) is 4.98 Å². The fourth-order valence-electron chi connectivity index (χ4n) is 3.18. The monoisotopic (exact) mass is 461 g/mol. The highest BCUT2D eigenvalue weighted by Gasteiger charge is 2.34. The second kappa shape index (κ2) is 8.37. The van der Waals surface area contributed by atoms with Gasteiger partial charge < -0.3 is 16.0 Å². The largest absolute Gasteiger partial charge is 0.326 e. The number of carbonyl (C=O) groups is 2. The molecule has 4 rings (SSSR count). The minimum atomic E-state index is -1.07. The Morgan fingerprint density at radius 1 is 1.06 bits per heavy atom. The van der Waals surface area contributed by atoms with Crippen LogP contribution in [0.4, 0.5) is 27.5 Å². The first-order valence-corrected chi connectivity index (χ1v) is 9.78. The van der Waals surface area contributed by atoms with Gasteiger partial charge in [-0.3, -0.25) is 19.4 Å². The van der Waals surface area contributed by atoms with E-state index in [4.69, 9.17) is 23.2 Å². The number of fused-ring (bicyclic) bond motifs is 1. The molecule has 0 fully saturated rings. The van der Waals surface area contributed by atoms with Crippen LogP contribution in [-0.2, 0) is 9.59 Å². The van der Waals surface area contributed by atoms with Crippen LogP contribution in [0.2, 0.25) is 10.0 Å². The topological polar surface area (TPSA) is 116 Å². The molecule has 1 aromatic heterocycles. The molecule has 0 saturated carbocycles. The molecule has 1 aliphatic heterocycles. The molecule has 0 unspecified atom stereocenters. The van der Waals surface area contributed by atoms with E-state index in [0.717, 1.165) is 0 Å². The van der Waals surface area contributed by atoms with E-state index in [1.54, 1.807) is 0 Å². The van der Waals surface area contributed by atoms with Crippen LogP contribution in [0.25, 0.3) is 0 Å². The van der Waals surface area contributed by atoms with Crippen molar-refractivity contribution in [2.45, 2.75) is 12.3 Å². The third-order valence-corrected chi connectivity index (χ3v) is 4.94. The first-order chi connectivity index (χ1) is 14.8. The zero-order chi connectivity index (χ0) is 22.1. The van der Waals surface area contributed by atoms with Gasteiger partial charge in [0.2, 0.25) is 17.8 Å². The molecule has 2 heterocycles. The molecular weight excluding hydrogens is 448 g/mol. The summed E-state index contributed by atoms with van der Waals surface area (Å²) in [5.41, 5.74) is 0.224. The van der Waals surface area contributed by atoms with Crippen molar-refractivity contribution < 1.29 is 14.0 Å². The summed E-state index contributed by atoms with van der Waals surface area (Å²) in [6, 6.07) is 9.89. The molecule has 11 heteroatoms.